The summed E-state index contributed by atoms with van der Waals surface area (Å²) >= 11 is 0. The van der Waals surface area contributed by atoms with Crippen LogP contribution in [0.1, 0.15) is 11.5 Å². The second-order valence-corrected chi connectivity index (χ2v) is 4.87. The molecular formula is C14H17F2NO3. The number of benzene rings is 1. The Labute approximate surface area is 116 Å². The molecule has 1 fully saturated rings. The maximum absolute atomic E-state index is 12.5. The Hall–Kier alpha value is -1.69. The molecule has 1 heterocycles. The lowest BCUT2D eigenvalue weighted by Gasteiger charge is -2.19. The van der Waals surface area contributed by atoms with Crippen LogP contribution in [0.25, 0.3) is 0 Å². The molecule has 0 amide bonds. The van der Waals surface area contributed by atoms with Gasteiger partial charge in [0.25, 0.3) is 0 Å². The van der Waals surface area contributed by atoms with Gasteiger partial charge >= 0.3 is 12.6 Å². The van der Waals surface area contributed by atoms with E-state index in [1.54, 1.807) is 18.2 Å². The largest absolute Gasteiger partial charge is 0.469 e. The minimum absolute atomic E-state index is 0.122. The van der Waals surface area contributed by atoms with Gasteiger partial charge in [0.05, 0.1) is 13.0 Å². The first kappa shape index (κ1) is 14.7. The van der Waals surface area contributed by atoms with Crippen molar-refractivity contribution in [3.05, 3.63) is 29.8 Å². The van der Waals surface area contributed by atoms with Crippen molar-refractivity contribution in [1.82, 2.24) is 4.90 Å². The number of likely N-dealkylation sites (N-methyl/N-ethyl adjacent to an activating group) is 1. The summed E-state index contributed by atoms with van der Waals surface area (Å²) in [6, 6.07) is 6.60. The topological polar surface area (TPSA) is 38.8 Å². The van der Waals surface area contributed by atoms with Gasteiger partial charge in [0.15, 0.2) is 0 Å². The van der Waals surface area contributed by atoms with Gasteiger partial charge in [-0.05, 0) is 18.7 Å². The van der Waals surface area contributed by atoms with E-state index in [2.05, 4.69) is 4.74 Å². The molecule has 0 N–H and O–H groups in total. The van der Waals surface area contributed by atoms with Crippen LogP contribution in [0.3, 0.4) is 0 Å². The van der Waals surface area contributed by atoms with E-state index >= 15 is 0 Å². The molecule has 1 aliphatic heterocycles. The van der Waals surface area contributed by atoms with E-state index in [0.29, 0.717) is 18.7 Å². The fraction of sp³-hybridized carbons (Fsp3) is 0.500. The number of alkyl halides is 2. The summed E-state index contributed by atoms with van der Waals surface area (Å²) in [5.74, 6) is -0.780. The van der Waals surface area contributed by atoms with Gasteiger partial charge in [0.1, 0.15) is 5.75 Å². The van der Waals surface area contributed by atoms with Crippen LogP contribution in [-0.4, -0.2) is 44.7 Å². The molecule has 2 atom stereocenters. The van der Waals surface area contributed by atoms with Crippen molar-refractivity contribution in [2.75, 3.05) is 27.2 Å². The monoisotopic (exact) mass is 285 g/mol. The van der Waals surface area contributed by atoms with Crippen molar-refractivity contribution in [1.29, 1.82) is 0 Å². The van der Waals surface area contributed by atoms with E-state index in [0.717, 1.165) is 0 Å². The summed E-state index contributed by atoms with van der Waals surface area (Å²) in [6.45, 7) is -1.74. The normalized spacial score (nSPS) is 23.1. The molecule has 4 nitrogen and oxygen atoms in total. The highest BCUT2D eigenvalue weighted by atomic mass is 19.3. The molecule has 1 aromatic rings. The third-order valence-corrected chi connectivity index (χ3v) is 3.54. The van der Waals surface area contributed by atoms with Crippen LogP contribution < -0.4 is 4.74 Å². The van der Waals surface area contributed by atoms with Gasteiger partial charge < -0.3 is 14.4 Å². The number of carbonyl (C=O) groups excluding carboxylic acids is 1. The molecule has 0 saturated carbocycles. The highest BCUT2D eigenvalue weighted by Crippen LogP contribution is 2.37. The number of nitrogens with zero attached hydrogens (tertiary/aromatic N) is 1. The first-order valence-corrected chi connectivity index (χ1v) is 6.33. The average molecular weight is 285 g/mol. The van der Waals surface area contributed by atoms with Crippen molar-refractivity contribution in [3.8, 4) is 5.75 Å². The van der Waals surface area contributed by atoms with Crippen LogP contribution in [0.4, 0.5) is 8.78 Å². The van der Waals surface area contributed by atoms with Crippen molar-refractivity contribution in [2.24, 2.45) is 5.92 Å². The number of methoxy groups -OCH3 is 1. The SMILES string of the molecule is COC(=O)C1CN(C)CC1c1ccccc1OC(F)F. The number of hydrogen-bond donors (Lipinski definition) is 0. The van der Waals surface area contributed by atoms with Gasteiger partial charge in [-0.15, -0.1) is 0 Å². The van der Waals surface area contributed by atoms with E-state index < -0.39 is 6.61 Å². The molecule has 0 bridgehead atoms. The van der Waals surface area contributed by atoms with E-state index in [4.69, 9.17) is 4.74 Å². The second kappa shape index (κ2) is 6.17. The smallest absolute Gasteiger partial charge is 0.387 e. The Morgan fingerprint density at radius 1 is 1.35 bits per heavy atom. The Morgan fingerprint density at radius 3 is 2.70 bits per heavy atom. The average Bonchev–Trinajstić information content (AvgIpc) is 2.79. The number of para-hydroxylation sites is 1. The number of hydrogen-bond acceptors (Lipinski definition) is 4. The maximum atomic E-state index is 12.5. The molecule has 2 rings (SSSR count). The summed E-state index contributed by atoms with van der Waals surface area (Å²) in [6.07, 6.45) is 0. The predicted molar refractivity (Wildman–Crippen MR) is 68.8 cm³/mol. The first-order chi connectivity index (χ1) is 9.52. The van der Waals surface area contributed by atoms with Gasteiger partial charge in [0, 0.05) is 19.0 Å². The Balaban J connectivity index is 2.31. The van der Waals surface area contributed by atoms with Gasteiger partial charge in [0.2, 0.25) is 0 Å². The van der Waals surface area contributed by atoms with Crippen LogP contribution in [0, 0.1) is 5.92 Å². The molecule has 2 unspecified atom stereocenters. The lowest BCUT2D eigenvalue weighted by molar-refractivity contribution is -0.145. The molecule has 110 valence electrons. The van der Waals surface area contributed by atoms with Crippen molar-refractivity contribution < 1.29 is 23.0 Å². The third kappa shape index (κ3) is 3.07. The molecule has 0 radical (unpaired) electrons. The van der Waals surface area contributed by atoms with Gasteiger partial charge in [-0.2, -0.15) is 8.78 Å². The zero-order valence-corrected chi connectivity index (χ0v) is 11.4. The summed E-state index contributed by atoms with van der Waals surface area (Å²) in [5.41, 5.74) is 0.618. The lowest BCUT2D eigenvalue weighted by Crippen LogP contribution is -2.23. The number of carbonyl (C=O) groups is 1. The number of esters is 1. The zero-order chi connectivity index (χ0) is 14.7. The minimum atomic E-state index is -2.88. The van der Waals surface area contributed by atoms with Crippen LogP contribution in [0.15, 0.2) is 24.3 Å². The Morgan fingerprint density at radius 2 is 2.05 bits per heavy atom. The van der Waals surface area contributed by atoms with E-state index in [9.17, 15) is 13.6 Å². The van der Waals surface area contributed by atoms with Gasteiger partial charge in [-0.1, -0.05) is 18.2 Å². The summed E-state index contributed by atoms with van der Waals surface area (Å²) < 4.78 is 34.3. The highest BCUT2D eigenvalue weighted by Gasteiger charge is 2.39. The quantitative estimate of drug-likeness (QED) is 0.794. The number of ether oxygens (including phenoxy) is 2. The number of likely N-dealkylation sites (tertiary alicyclic amines) is 1. The summed E-state index contributed by atoms with van der Waals surface area (Å²) in [4.78, 5) is 13.8. The minimum Gasteiger partial charge on any atom is -0.469 e. The van der Waals surface area contributed by atoms with Crippen molar-refractivity contribution in [3.63, 3.8) is 0 Å². The standard InChI is InChI=1S/C14H17F2NO3/c1-17-7-10(11(8-17)13(18)19-2)9-5-3-4-6-12(9)20-14(15)16/h3-6,10-11,14H,7-8H2,1-2H3. The molecule has 1 aliphatic rings. The van der Waals surface area contributed by atoms with Crippen LogP contribution >= 0.6 is 0 Å². The second-order valence-electron chi connectivity index (χ2n) is 4.87. The van der Waals surface area contributed by atoms with E-state index in [-0.39, 0.29) is 23.6 Å². The highest BCUT2D eigenvalue weighted by molar-refractivity contribution is 5.74. The zero-order valence-electron chi connectivity index (χ0n) is 11.4. The van der Waals surface area contributed by atoms with E-state index in [1.165, 1.54) is 13.2 Å². The third-order valence-electron chi connectivity index (χ3n) is 3.54. The van der Waals surface area contributed by atoms with Crippen molar-refractivity contribution >= 4 is 5.97 Å². The Bertz CT molecular complexity index is 481. The van der Waals surface area contributed by atoms with Crippen LogP contribution in [0.2, 0.25) is 0 Å². The number of halogens is 2. The predicted octanol–water partition coefficient (Wildman–Crippen LogP) is 2.11. The fourth-order valence-corrected chi connectivity index (χ4v) is 2.70. The van der Waals surface area contributed by atoms with Crippen LogP contribution in [0.5, 0.6) is 5.75 Å². The molecular weight excluding hydrogens is 268 g/mol. The molecule has 6 heteroatoms. The summed E-state index contributed by atoms with van der Waals surface area (Å²) in [7, 11) is 3.21. The fourth-order valence-electron chi connectivity index (χ4n) is 2.70. The first-order valence-electron chi connectivity index (χ1n) is 6.33. The lowest BCUT2D eigenvalue weighted by atomic mass is 9.88. The Kier molecular flexibility index (Phi) is 4.54. The van der Waals surface area contributed by atoms with Gasteiger partial charge in [-0.3, -0.25) is 4.79 Å². The van der Waals surface area contributed by atoms with E-state index in [1.807, 2.05) is 11.9 Å². The molecule has 1 aromatic carbocycles. The molecule has 0 aliphatic carbocycles. The molecule has 0 spiro atoms. The molecule has 1 saturated heterocycles. The maximum Gasteiger partial charge on any atom is 0.387 e. The molecule has 20 heavy (non-hydrogen) atoms. The van der Waals surface area contributed by atoms with Crippen molar-refractivity contribution in [2.45, 2.75) is 12.5 Å². The number of rotatable bonds is 4. The summed E-state index contributed by atoms with van der Waals surface area (Å²) in [5, 5.41) is 0. The van der Waals surface area contributed by atoms with Gasteiger partial charge in [-0.25, -0.2) is 0 Å². The molecule has 0 aromatic heterocycles. The van der Waals surface area contributed by atoms with Crippen LogP contribution in [-0.2, 0) is 9.53 Å².